The normalized spacial score (nSPS) is 10.1. The van der Waals surface area contributed by atoms with Crippen LogP contribution in [0.3, 0.4) is 0 Å². The highest BCUT2D eigenvalue weighted by Crippen LogP contribution is 2.14. The average molecular weight is 231 g/mol. The first-order valence-corrected chi connectivity index (χ1v) is 5.15. The molecule has 0 spiro atoms. The van der Waals surface area contributed by atoms with E-state index in [1.54, 1.807) is 6.07 Å². The molecule has 1 rings (SSSR count). The maximum Gasteiger partial charge on any atom is 0.338 e. The van der Waals surface area contributed by atoms with Crippen LogP contribution >= 0.6 is 11.6 Å². The minimum Gasteiger partial charge on any atom is -0.465 e. The van der Waals surface area contributed by atoms with E-state index >= 15 is 0 Å². The largest absolute Gasteiger partial charge is 0.465 e. The summed E-state index contributed by atoms with van der Waals surface area (Å²) in [6.07, 6.45) is 1.39. The number of ether oxygens (including phenoxy) is 1. The Morgan fingerprint density at radius 1 is 1.53 bits per heavy atom. The number of carbonyl (C=O) groups excluding carboxylic acids is 1. The van der Waals surface area contributed by atoms with Gasteiger partial charge in [0.1, 0.15) is 5.82 Å². The molecule has 0 unspecified atom stereocenters. The Balaban J connectivity index is 2.97. The van der Waals surface area contributed by atoms with Gasteiger partial charge in [-0.3, -0.25) is 0 Å². The van der Waals surface area contributed by atoms with Crippen LogP contribution in [0.1, 0.15) is 22.3 Å². The highest BCUT2D eigenvalue weighted by molar-refractivity contribution is 6.17. The van der Waals surface area contributed by atoms with Crippen molar-refractivity contribution in [3.05, 3.63) is 35.1 Å². The second-order valence-electron chi connectivity index (χ2n) is 3.09. The molecule has 0 aromatic heterocycles. The van der Waals surface area contributed by atoms with Crippen LogP contribution in [-0.4, -0.2) is 19.0 Å². The van der Waals surface area contributed by atoms with E-state index < -0.39 is 11.8 Å². The zero-order valence-corrected chi connectivity index (χ0v) is 9.18. The van der Waals surface area contributed by atoms with Gasteiger partial charge in [-0.15, -0.1) is 11.6 Å². The van der Waals surface area contributed by atoms with Crippen molar-refractivity contribution in [3.63, 3.8) is 0 Å². The van der Waals surface area contributed by atoms with Crippen LogP contribution in [0.5, 0.6) is 0 Å². The zero-order chi connectivity index (χ0) is 11.3. The number of hydrogen-bond acceptors (Lipinski definition) is 2. The summed E-state index contributed by atoms with van der Waals surface area (Å²) in [7, 11) is 1.28. The van der Waals surface area contributed by atoms with Crippen LogP contribution in [0.2, 0.25) is 0 Å². The van der Waals surface area contributed by atoms with Crippen LogP contribution in [0, 0.1) is 5.82 Å². The fraction of sp³-hybridized carbons (Fsp3) is 0.364. The molecule has 0 atom stereocenters. The lowest BCUT2D eigenvalue weighted by Gasteiger charge is -2.06. The van der Waals surface area contributed by atoms with Crippen LogP contribution in [0.25, 0.3) is 0 Å². The number of carbonyl (C=O) groups is 1. The van der Waals surface area contributed by atoms with Crippen LogP contribution in [0.15, 0.2) is 18.2 Å². The Labute approximate surface area is 93.0 Å². The molecule has 0 aliphatic rings. The summed E-state index contributed by atoms with van der Waals surface area (Å²) >= 11 is 5.56. The molecule has 0 bridgehead atoms. The molecule has 0 N–H and O–H groups in total. The van der Waals surface area contributed by atoms with Crippen molar-refractivity contribution in [2.45, 2.75) is 12.8 Å². The maximum atomic E-state index is 12.9. The standard InChI is InChI=1S/C11H12ClFO2/c1-15-11(14)10-7-9(13)5-4-8(10)3-2-6-12/h4-5,7H,2-3,6H2,1H3. The Hall–Kier alpha value is -1.09. The van der Waals surface area contributed by atoms with E-state index in [0.29, 0.717) is 12.3 Å². The maximum absolute atomic E-state index is 12.9. The third kappa shape index (κ3) is 3.20. The number of methoxy groups -OCH3 is 1. The number of alkyl halides is 1. The third-order valence-corrected chi connectivity index (χ3v) is 2.32. The SMILES string of the molecule is COC(=O)c1cc(F)ccc1CCCCl. The molecule has 2 nitrogen and oxygen atoms in total. The summed E-state index contributed by atoms with van der Waals surface area (Å²) in [5.74, 6) is -0.443. The Kier molecular flexibility index (Phi) is 4.56. The quantitative estimate of drug-likeness (QED) is 0.587. The number of esters is 1. The number of hydrogen-bond donors (Lipinski definition) is 0. The van der Waals surface area contributed by atoms with Gasteiger partial charge < -0.3 is 4.74 Å². The molecule has 0 aliphatic heterocycles. The Morgan fingerprint density at radius 2 is 2.27 bits per heavy atom. The van der Waals surface area contributed by atoms with Crippen LogP contribution in [-0.2, 0) is 11.2 Å². The lowest BCUT2D eigenvalue weighted by Crippen LogP contribution is -2.06. The Bertz CT molecular complexity index is 352. The molecule has 0 amide bonds. The molecule has 0 heterocycles. The van der Waals surface area contributed by atoms with Crippen molar-refractivity contribution >= 4 is 17.6 Å². The number of rotatable bonds is 4. The summed E-state index contributed by atoms with van der Waals surface area (Å²) in [6, 6.07) is 4.11. The number of benzene rings is 1. The van der Waals surface area contributed by atoms with Gasteiger partial charge in [0.15, 0.2) is 0 Å². The van der Waals surface area contributed by atoms with Crippen molar-refractivity contribution in [2.24, 2.45) is 0 Å². The minimum absolute atomic E-state index is 0.280. The summed E-state index contributed by atoms with van der Waals surface area (Å²) in [6.45, 7) is 0. The van der Waals surface area contributed by atoms with E-state index in [4.69, 9.17) is 11.6 Å². The molecule has 0 radical (unpaired) electrons. The van der Waals surface area contributed by atoms with Gasteiger partial charge in [0.2, 0.25) is 0 Å². The monoisotopic (exact) mass is 230 g/mol. The van der Waals surface area contributed by atoms with Crippen molar-refractivity contribution in [2.75, 3.05) is 13.0 Å². The van der Waals surface area contributed by atoms with Gasteiger partial charge in [-0.05, 0) is 30.5 Å². The molecule has 0 fully saturated rings. The van der Waals surface area contributed by atoms with Gasteiger partial charge in [-0.1, -0.05) is 6.07 Å². The first-order valence-electron chi connectivity index (χ1n) is 4.61. The van der Waals surface area contributed by atoms with Crippen LogP contribution in [0.4, 0.5) is 4.39 Å². The van der Waals surface area contributed by atoms with Gasteiger partial charge in [0.05, 0.1) is 12.7 Å². The minimum atomic E-state index is -0.515. The second-order valence-corrected chi connectivity index (χ2v) is 3.46. The van der Waals surface area contributed by atoms with E-state index in [-0.39, 0.29) is 5.56 Å². The van der Waals surface area contributed by atoms with Gasteiger partial charge in [0, 0.05) is 5.88 Å². The molecule has 0 aliphatic carbocycles. The number of halogens is 2. The van der Waals surface area contributed by atoms with Crippen molar-refractivity contribution < 1.29 is 13.9 Å². The fourth-order valence-corrected chi connectivity index (χ4v) is 1.46. The van der Waals surface area contributed by atoms with Gasteiger partial charge >= 0.3 is 5.97 Å². The summed E-state index contributed by atoms with van der Waals surface area (Å²) in [5, 5.41) is 0. The highest BCUT2D eigenvalue weighted by Gasteiger charge is 2.12. The zero-order valence-electron chi connectivity index (χ0n) is 8.43. The molecular weight excluding hydrogens is 219 g/mol. The lowest BCUT2D eigenvalue weighted by molar-refractivity contribution is 0.0599. The topological polar surface area (TPSA) is 26.3 Å². The molecule has 15 heavy (non-hydrogen) atoms. The van der Waals surface area contributed by atoms with E-state index in [1.165, 1.54) is 19.2 Å². The summed E-state index contributed by atoms with van der Waals surface area (Å²) in [4.78, 5) is 11.3. The van der Waals surface area contributed by atoms with Crippen molar-refractivity contribution in [1.29, 1.82) is 0 Å². The molecule has 4 heteroatoms. The van der Waals surface area contributed by atoms with Crippen molar-refractivity contribution in [3.8, 4) is 0 Å². The summed E-state index contributed by atoms with van der Waals surface area (Å²) in [5.41, 5.74) is 1.05. The summed E-state index contributed by atoms with van der Waals surface area (Å²) < 4.78 is 17.5. The lowest BCUT2D eigenvalue weighted by atomic mass is 10.0. The molecule has 82 valence electrons. The second kappa shape index (κ2) is 5.71. The predicted octanol–water partition coefficient (Wildman–Crippen LogP) is 2.78. The molecular formula is C11H12ClFO2. The first kappa shape index (κ1) is 12.0. The Morgan fingerprint density at radius 3 is 2.87 bits per heavy atom. The van der Waals surface area contributed by atoms with E-state index in [9.17, 15) is 9.18 Å². The number of aryl methyl sites for hydroxylation is 1. The molecule has 1 aromatic rings. The molecule has 0 saturated heterocycles. The van der Waals surface area contributed by atoms with Gasteiger partial charge in [-0.25, -0.2) is 9.18 Å². The van der Waals surface area contributed by atoms with E-state index in [0.717, 1.165) is 12.0 Å². The molecule has 0 saturated carbocycles. The van der Waals surface area contributed by atoms with Crippen molar-refractivity contribution in [1.82, 2.24) is 0 Å². The first-order chi connectivity index (χ1) is 7.19. The molecule has 1 aromatic carbocycles. The highest BCUT2D eigenvalue weighted by atomic mass is 35.5. The van der Waals surface area contributed by atoms with E-state index in [2.05, 4.69) is 4.74 Å². The van der Waals surface area contributed by atoms with E-state index in [1.807, 2.05) is 0 Å². The average Bonchev–Trinajstić information content (AvgIpc) is 2.26. The van der Waals surface area contributed by atoms with Gasteiger partial charge in [-0.2, -0.15) is 0 Å². The van der Waals surface area contributed by atoms with Gasteiger partial charge in [0.25, 0.3) is 0 Å². The predicted molar refractivity (Wildman–Crippen MR) is 56.8 cm³/mol. The third-order valence-electron chi connectivity index (χ3n) is 2.06. The fourth-order valence-electron chi connectivity index (χ4n) is 1.32. The smallest absolute Gasteiger partial charge is 0.338 e. The van der Waals surface area contributed by atoms with Crippen LogP contribution < -0.4 is 0 Å².